The molecule has 9 heteroatoms. The summed E-state index contributed by atoms with van der Waals surface area (Å²) in [5.74, 6) is -0.0552. The zero-order chi connectivity index (χ0) is 18.4. The van der Waals surface area contributed by atoms with Crippen molar-refractivity contribution >= 4 is 30.7 Å². The Kier molecular flexibility index (Phi) is 11.3. The van der Waals surface area contributed by atoms with Gasteiger partial charge in [-0.05, 0) is 30.9 Å². The molecule has 0 radical (unpaired) electrons. The molecule has 1 amide bonds. The number of rotatable bonds is 7. The van der Waals surface area contributed by atoms with Gasteiger partial charge in [-0.3, -0.25) is 9.69 Å². The van der Waals surface area contributed by atoms with E-state index < -0.39 is 18.8 Å². The summed E-state index contributed by atoms with van der Waals surface area (Å²) in [5, 5.41) is 0. The number of amides is 1. The molecule has 1 heterocycles. The quantitative estimate of drug-likeness (QED) is 0.723. The first-order chi connectivity index (χ1) is 11.8. The summed E-state index contributed by atoms with van der Waals surface area (Å²) in [6.07, 6.45) is -3.00. The molecule has 0 saturated carbocycles. The molecule has 1 aliphatic rings. The minimum Gasteiger partial charge on any atom is -0.341 e. The summed E-state index contributed by atoms with van der Waals surface area (Å²) in [5.41, 5.74) is 7.04. The highest BCUT2D eigenvalue weighted by molar-refractivity contribution is 5.85. The third kappa shape index (κ3) is 8.68. The molecule has 1 saturated heterocycles. The van der Waals surface area contributed by atoms with Crippen molar-refractivity contribution in [3.05, 3.63) is 35.9 Å². The number of likely N-dealkylation sites (tertiary alicyclic amines) is 1. The Hall–Kier alpha value is -1.02. The number of alkyl halides is 3. The maximum atomic E-state index is 12.6. The Morgan fingerprint density at radius 1 is 1.30 bits per heavy atom. The molecule has 27 heavy (non-hydrogen) atoms. The van der Waals surface area contributed by atoms with Gasteiger partial charge in [-0.2, -0.15) is 13.2 Å². The van der Waals surface area contributed by atoms with Crippen LogP contribution < -0.4 is 5.73 Å². The van der Waals surface area contributed by atoms with Gasteiger partial charge in [0.2, 0.25) is 5.91 Å². The summed E-state index contributed by atoms with van der Waals surface area (Å²) >= 11 is 0. The first-order valence-corrected chi connectivity index (χ1v) is 8.66. The van der Waals surface area contributed by atoms with Crippen LogP contribution >= 0.6 is 24.8 Å². The van der Waals surface area contributed by atoms with Crippen LogP contribution in [0.15, 0.2) is 30.3 Å². The zero-order valence-corrected chi connectivity index (χ0v) is 17.0. The Labute approximate surface area is 171 Å². The monoisotopic (exact) mass is 429 g/mol. The maximum Gasteiger partial charge on any atom is 0.401 e. The number of carbonyl (C=O) groups excluding carboxylic acids is 1. The zero-order valence-electron chi connectivity index (χ0n) is 15.3. The van der Waals surface area contributed by atoms with Gasteiger partial charge in [0, 0.05) is 19.6 Å². The number of nitrogens with zero attached hydrogens (tertiary/aromatic N) is 2. The Morgan fingerprint density at radius 3 is 2.48 bits per heavy atom. The Morgan fingerprint density at radius 2 is 1.93 bits per heavy atom. The minimum atomic E-state index is -4.19. The molecule has 2 unspecified atom stereocenters. The molecule has 2 N–H and O–H groups in total. The molecule has 0 spiro atoms. The normalized spacial score (nSPS) is 18.0. The predicted molar refractivity (Wildman–Crippen MR) is 105 cm³/mol. The van der Waals surface area contributed by atoms with Crippen molar-refractivity contribution in [1.29, 1.82) is 0 Å². The topological polar surface area (TPSA) is 49.6 Å². The van der Waals surface area contributed by atoms with Gasteiger partial charge in [0.15, 0.2) is 0 Å². The molecule has 1 aromatic carbocycles. The van der Waals surface area contributed by atoms with Crippen LogP contribution in [0.5, 0.6) is 0 Å². The van der Waals surface area contributed by atoms with E-state index >= 15 is 0 Å². The summed E-state index contributed by atoms with van der Waals surface area (Å²) in [6, 6.07) is 8.95. The molecule has 156 valence electrons. The molecule has 1 aliphatic heterocycles. The molecule has 0 aliphatic carbocycles. The van der Waals surface area contributed by atoms with Crippen LogP contribution in [0.3, 0.4) is 0 Å². The van der Waals surface area contributed by atoms with Crippen molar-refractivity contribution < 1.29 is 18.0 Å². The first-order valence-electron chi connectivity index (χ1n) is 8.66. The van der Waals surface area contributed by atoms with Gasteiger partial charge in [0.05, 0.1) is 12.6 Å². The van der Waals surface area contributed by atoms with Crippen LogP contribution in [-0.4, -0.2) is 60.6 Å². The van der Waals surface area contributed by atoms with E-state index in [4.69, 9.17) is 5.73 Å². The number of hydrogen-bond donors (Lipinski definition) is 1. The summed E-state index contributed by atoms with van der Waals surface area (Å²) in [4.78, 5) is 15.6. The lowest BCUT2D eigenvalue weighted by Gasteiger charge is -2.25. The number of carbonyl (C=O) groups is 1. The predicted octanol–water partition coefficient (Wildman–Crippen LogP) is 3.13. The first kappa shape index (κ1) is 26.0. The van der Waals surface area contributed by atoms with Gasteiger partial charge in [-0.15, -0.1) is 24.8 Å². The highest BCUT2D eigenvalue weighted by atomic mass is 35.5. The van der Waals surface area contributed by atoms with Crippen LogP contribution in [0.4, 0.5) is 13.2 Å². The highest BCUT2D eigenvalue weighted by Gasteiger charge is 2.34. The van der Waals surface area contributed by atoms with Crippen LogP contribution in [0.2, 0.25) is 0 Å². The lowest BCUT2D eigenvalue weighted by atomic mass is 10.1. The molecule has 1 fully saturated rings. The maximum absolute atomic E-state index is 12.6. The molecule has 2 rings (SSSR count). The van der Waals surface area contributed by atoms with Crippen LogP contribution in [-0.2, 0) is 11.2 Å². The van der Waals surface area contributed by atoms with Crippen molar-refractivity contribution in [3.63, 3.8) is 0 Å². The number of hydrogen-bond acceptors (Lipinski definition) is 3. The van der Waals surface area contributed by atoms with E-state index in [1.807, 2.05) is 30.3 Å². The van der Waals surface area contributed by atoms with Crippen molar-refractivity contribution in [2.45, 2.75) is 32.0 Å². The second-order valence-corrected chi connectivity index (χ2v) is 6.68. The fourth-order valence-electron chi connectivity index (χ4n) is 3.30. The second-order valence-electron chi connectivity index (χ2n) is 6.68. The van der Waals surface area contributed by atoms with Gasteiger partial charge >= 0.3 is 6.18 Å². The van der Waals surface area contributed by atoms with E-state index in [9.17, 15) is 18.0 Å². The average Bonchev–Trinajstić information content (AvgIpc) is 3.01. The van der Waals surface area contributed by atoms with Crippen molar-refractivity contribution in [1.82, 2.24) is 9.80 Å². The molecule has 4 nitrogen and oxygen atoms in total. The molecule has 2 atom stereocenters. The summed E-state index contributed by atoms with van der Waals surface area (Å²) < 4.78 is 37.7. The largest absolute Gasteiger partial charge is 0.401 e. The van der Waals surface area contributed by atoms with Crippen LogP contribution in [0, 0.1) is 5.92 Å². The molecule has 0 aromatic heterocycles. The van der Waals surface area contributed by atoms with Crippen molar-refractivity contribution in [3.8, 4) is 0 Å². The Balaban J connectivity index is 0.00000338. The number of benzene rings is 1. The SMILES string of the molecule is CCN(CC1CCN(C(=O)C(N)Cc2ccccc2)C1)CC(F)(F)F.Cl.Cl. The fraction of sp³-hybridized carbons (Fsp3) is 0.611. The molecule has 0 bridgehead atoms. The van der Waals surface area contributed by atoms with Crippen LogP contribution in [0.1, 0.15) is 18.9 Å². The van der Waals surface area contributed by atoms with Crippen molar-refractivity contribution in [2.75, 3.05) is 32.7 Å². The molecular weight excluding hydrogens is 402 g/mol. The smallest absolute Gasteiger partial charge is 0.341 e. The van der Waals surface area contributed by atoms with E-state index in [1.54, 1.807) is 11.8 Å². The third-order valence-electron chi connectivity index (χ3n) is 4.58. The molecule has 1 aromatic rings. The van der Waals surface area contributed by atoms with Crippen molar-refractivity contribution in [2.24, 2.45) is 11.7 Å². The average molecular weight is 430 g/mol. The van der Waals surface area contributed by atoms with Crippen LogP contribution in [0.25, 0.3) is 0 Å². The number of nitrogens with two attached hydrogens (primary N) is 1. The molecular formula is C18H28Cl2F3N3O. The van der Waals surface area contributed by atoms with E-state index in [2.05, 4.69) is 0 Å². The van der Waals surface area contributed by atoms with E-state index in [-0.39, 0.29) is 36.6 Å². The van der Waals surface area contributed by atoms with Gasteiger partial charge in [0.25, 0.3) is 0 Å². The van der Waals surface area contributed by atoms with E-state index in [1.165, 1.54) is 4.90 Å². The number of halogens is 5. The lowest BCUT2D eigenvalue weighted by Crippen LogP contribution is -2.44. The van der Waals surface area contributed by atoms with E-state index in [0.29, 0.717) is 32.6 Å². The highest BCUT2D eigenvalue weighted by Crippen LogP contribution is 2.22. The lowest BCUT2D eigenvalue weighted by molar-refractivity contribution is -0.146. The third-order valence-corrected chi connectivity index (χ3v) is 4.58. The fourth-order valence-corrected chi connectivity index (χ4v) is 3.30. The van der Waals surface area contributed by atoms with Gasteiger partial charge in [0.1, 0.15) is 0 Å². The summed E-state index contributed by atoms with van der Waals surface area (Å²) in [6.45, 7) is 2.57. The van der Waals surface area contributed by atoms with Gasteiger partial charge < -0.3 is 10.6 Å². The van der Waals surface area contributed by atoms with Gasteiger partial charge in [-0.25, -0.2) is 0 Å². The summed E-state index contributed by atoms with van der Waals surface area (Å²) in [7, 11) is 0. The Bertz CT molecular complexity index is 561. The minimum absolute atomic E-state index is 0. The standard InChI is InChI=1S/C18H26F3N3O.2ClH/c1-2-23(13-18(19,20)21)11-15-8-9-24(12-15)17(25)16(22)10-14-6-4-3-5-7-14;;/h3-7,15-16H,2,8-13,22H2,1H3;2*1H. The van der Waals surface area contributed by atoms with E-state index in [0.717, 1.165) is 12.0 Å². The van der Waals surface area contributed by atoms with Gasteiger partial charge in [-0.1, -0.05) is 37.3 Å². The second kappa shape index (κ2) is 11.7.